The van der Waals surface area contributed by atoms with E-state index in [2.05, 4.69) is 6.07 Å². The van der Waals surface area contributed by atoms with Crippen LogP contribution in [-0.2, 0) is 9.53 Å². The SMILES string of the molecule is CCC(=CCN(CCC#N)CCOC)C(=O)O. The summed E-state index contributed by atoms with van der Waals surface area (Å²) in [6, 6.07) is 2.08. The third-order valence-electron chi connectivity index (χ3n) is 2.40. The summed E-state index contributed by atoms with van der Waals surface area (Å²) in [6.07, 6.45) is 2.65. The summed E-state index contributed by atoms with van der Waals surface area (Å²) in [5.41, 5.74) is 0.407. The number of carboxylic acids is 1. The molecule has 0 atom stereocenters. The van der Waals surface area contributed by atoms with Crippen molar-refractivity contribution < 1.29 is 14.6 Å². The van der Waals surface area contributed by atoms with Gasteiger partial charge in [0.05, 0.1) is 12.7 Å². The molecule has 0 unspecified atom stereocenters. The van der Waals surface area contributed by atoms with Crippen LogP contribution in [0.4, 0.5) is 0 Å². The lowest BCUT2D eigenvalue weighted by atomic mass is 10.2. The van der Waals surface area contributed by atoms with Crippen molar-refractivity contribution in [3.05, 3.63) is 11.6 Å². The molecule has 0 aliphatic carbocycles. The van der Waals surface area contributed by atoms with Gasteiger partial charge >= 0.3 is 5.97 Å². The molecule has 5 nitrogen and oxygen atoms in total. The standard InChI is InChI=1S/C12H20N2O3/c1-3-11(12(15)16)5-8-14(7-4-6-13)9-10-17-2/h5H,3-4,7-10H2,1-2H3,(H,15,16). The van der Waals surface area contributed by atoms with Gasteiger partial charge in [0, 0.05) is 38.7 Å². The first-order valence-corrected chi connectivity index (χ1v) is 5.66. The van der Waals surface area contributed by atoms with E-state index >= 15 is 0 Å². The van der Waals surface area contributed by atoms with Gasteiger partial charge in [0.15, 0.2) is 0 Å². The molecule has 0 aromatic carbocycles. The second-order valence-corrected chi connectivity index (χ2v) is 3.59. The Morgan fingerprint density at radius 2 is 2.24 bits per heavy atom. The predicted octanol–water partition coefficient (Wildman–Crippen LogP) is 1.27. The Kier molecular flexibility index (Phi) is 9.02. The second kappa shape index (κ2) is 9.82. The van der Waals surface area contributed by atoms with Crippen molar-refractivity contribution in [3.63, 3.8) is 0 Å². The van der Waals surface area contributed by atoms with Crippen LogP contribution in [0.15, 0.2) is 11.6 Å². The van der Waals surface area contributed by atoms with Crippen molar-refractivity contribution in [1.82, 2.24) is 4.90 Å². The predicted molar refractivity (Wildman–Crippen MR) is 64.6 cm³/mol. The fraction of sp³-hybridized carbons (Fsp3) is 0.667. The number of nitriles is 1. The number of hydrogen-bond donors (Lipinski definition) is 1. The van der Waals surface area contributed by atoms with Crippen molar-refractivity contribution >= 4 is 5.97 Å². The minimum Gasteiger partial charge on any atom is -0.478 e. The number of ether oxygens (including phenoxy) is 1. The largest absolute Gasteiger partial charge is 0.478 e. The van der Waals surface area contributed by atoms with E-state index in [1.54, 1.807) is 13.2 Å². The third kappa shape index (κ3) is 7.50. The van der Waals surface area contributed by atoms with Crippen molar-refractivity contribution in [2.45, 2.75) is 19.8 Å². The molecular weight excluding hydrogens is 220 g/mol. The summed E-state index contributed by atoms with van der Waals surface area (Å²) >= 11 is 0. The molecule has 0 saturated heterocycles. The average Bonchev–Trinajstić information content (AvgIpc) is 2.31. The Hall–Kier alpha value is -1.38. The van der Waals surface area contributed by atoms with E-state index in [-0.39, 0.29) is 0 Å². The molecule has 0 aliphatic rings. The van der Waals surface area contributed by atoms with Crippen molar-refractivity contribution in [2.24, 2.45) is 0 Å². The van der Waals surface area contributed by atoms with Crippen LogP contribution in [0, 0.1) is 11.3 Å². The zero-order valence-corrected chi connectivity index (χ0v) is 10.5. The summed E-state index contributed by atoms with van der Waals surface area (Å²) < 4.78 is 4.97. The summed E-state index contributed by atoms with van der Waals surface area (Å²) in [6.45, 7) is 4.27. The maximum absolute atomic E-state index is 10.8. The van der Waals surface area contributed by atoms with E-state index < -0.39 is 5.97 Å². The topological polar surface area (TPSA) is 73.6 Å². The van der Waals surface area contributed by atoms with Gasteiger partial charge in [-0.1, -0.05) is 13.0 Å². The third-order valence-corrected chi connectivity index (χ3v) is 2.40. The monoisotopic (exact) mass is 240 g/mol. The molecule has 96 valence electrons. The summed E-state index contributed by atoms with van der Waals surface area (Å²) in [4.78, 5) is 12.8. The first-order valence-electron chi connectivity index (χ1n) is 5.66. The maximum atomic E-state index is 10.8. The molecule has 0 aliphatic heterocycles. The van der Waals surface area contributed by atoms with Crippen LogP contribution in [0.25, 0.3) is 0 Å². The molecule has 0 radical (unpaired) electrons. The number of methoxy groups -OCH3 is 1. The van der Waals surface area contributed by atoms with Crippen molar-refractivity contribution in [2.75, 3.05) is 33.4 Å². The van der Waals surface area contributed by atoms with Gasteiger partial charge in [-0.3, -0.25) is 4.90 Å². The quantitative estimate of drug-likeness (QED) is 0.614. The molecule has 0 aromatic rings. The van der Waals surface area contributed by atoms with Crippen LogP contribution in [-0.4, -0.2) is 49.3 Å². The molecule has 0 amide bonds. The number of hydrogen-bond acceptors (Lipinski definition) is 4. The fourth-order valence-electron chi connectivity index (χ4n) is 1.35. The minimum absolute atomic E-state index is 0.407. The summed E-state index contributed by atoms with van der Waals surface area (Å²) in [5.74, 6) is -0.875. The highest BCUT2D eigenvalue weighted by Gasteiger charge is 2.06. The highest BCUT2D eigenvalue weighted by Crippen LogP contribution is 2.02. The van der Waals surface area contributed by atoms with E-state index in [1.807, 2.05) is 11.8 Å². The number of rotatable bonds is 9. The van der Waals surface area contributed by atoms with E-state index in [0.29, 0.717) is 44.7 Å². The van der Waals surface area contributed by atoms with Crippen LogP contribution in [0.1, 0.15) is 19.8 Å². The van der Waals surface area contributed by atoms with E-state index in [1.165, 1.54) is 0 Å². The highest BCUT2D eigenvalue weighted by atomic mass is 16.5. The molecule has 5 heteroatoms. The summed E-state index contributed by atoms with van der Waals surface area (Å²) in [5, 5.41) is 17.4. The molecule has 0 bridgehead atoms. The van der Waals surface area contributed by atoms with Gasteiger partial charge in [-0.2, -0.15) is 5.26 Å². The number of carboxylic acid groups (broad SMARTS) is 1. The molecule has 1 N–H and O–H groups in total. The first-order chi connectivity index (χ1) is 8.15. The first kappa shape index (κ1) is 15.6. The van der Waals surface area contributed by atoms with Gasteiger partial charge < -0.3 is 9.84 Å². The highest BCUT2D eigenvalue weighted by molar-refractivity contribution is 5.86. The van der Waals surface area contributed by atoms with Crippen LogP contribution >= 0.6 is 0 Å². The molecule has 0 rings (SSSR count). The lowest BCUT2D eigenvalue weighted by Gasteiger charge is -2.18. The number of nitrogens with zero attached hydrogens (tertiary/aromatic N) is 2. The molecular formula is C12H20N2O3. The van der Waals surface area contributed by atoms with Gasteiger partial charge in [-0.05, 0) is 6.42 Å². The van der Waals surface area contributed by atoms with Gasteiger partial charge in [0.1, 0.15) is 0 Å². The maximum Gasteiger partial charge on any atom is 0.331 e. The zero-order chi connectivity index (χ0) is 13.1. The average molecular weight is 240 g/mol. The summed E-state index contributed by atoms with van der Waals surface area (Å²) in [7, 11) is 1.62. The molecule has 0 heterocycles. The lowest BCUT2D eigenvalue weighted by Crippen LogP contribution is -2.29. The van der Waals surface area contributed by atoms with Gasteiger partial charge in [0.2, 0.25) is 0 Å². The number of aliphatic carboxylic acids is 1. The molecule has 0 aromatic heterocycles. The van der Waals surface area contributed by atoms with Crippen LogP contribution in [0.2, 0.25) is 0 Å². The second-order valence-electron chi connectivity index (χ2n) is 3.59. The Morgan fingerprint density at radius 3 is 2.71 bits per heavy atom. The van der Waals surface area contributed by atoms with Crippen molar-refractivity contribution in [3.8, 4) is 6.07 Å². The molecule has 0 saturated carbocycles. The Morgan fingerprint density at radius 1 is 1.53 bits per heavy atom. The fourth-order valence-corrected chi connectivity index (χ4v) is 1.35. The Bertz CT molecular complexity index is 295. The van der Waals surface area contributed by atoms with Crippen LogP contribution < -0.4 is 0 Å². The smallest absolute Gasteiger partial charge is 0.331 e. The van der Waals surface area contributed by atoms with Crippen LogP contribution in [0.5, 0.6) is 0 Å². The normalized spacial score (nSPS) is 11.5. The Labute approximate surface area is 102 Å². The van der Waals surface area contributed by atoms with Gasteiger partial charge in [-0.15, -0.1) is 0 Å². The van der Waals surface area contributed by atoms with Gasteiger partial charge in [0.25, 0.3) is 0 Å². The van der Waals surface area contributed by atoms with Crippen molar-refractivity contribution in [1.29, 1.82) is 5.26 Å². The zero-order valence-electron chi connectivity index (χ0n) is 10.5. The van der Waals surface area contributed by atoms with Gasteiger partial charge in [-0.25, -0.2) is 4.79 Å². The lowest BCUT2D eigenvalue weighted by molar-refractivity contribution is -0.132. The molecule has 0 spiro atoms. The van der Waals surface area contributed by atoms with Crippen LogP contribution in [0.3, 0.4) is 0 Å². The van der Waals surface area contributed by atoms with E-state index in [0.717, 1.165) is 0 Å². The number of carbonyl (C=O) groups is 1. The molecule has 17 heavy (non-hydrogen) atoms. The van der Waals surface area contributed by atoms with E-state index in [9.17, 15) is 4.79 Å². The Balaban J connectivity index is 4.30. The molecule has 0 fully saturated rings. The minimum atomic E-state index is -0.875. The van der Waals surface area contributed by atoms with E-state index in [4.69, 9.17) is 15.1 Å².